The van der Waals surface area contributed by atoms with Crippen molar-refractivity contribution in [1.82, 2.24) is 15.6 Å². The summed E-state index contributed by atoms with van der Waals surface area (Å²) in [4.78, 5) is 27.4. The molecule has 0 saturated carbocycles. The number of benzene rings is 2. The summed E-state index contributed by atoms with van der Waals surface area (Å²) in [7, 11) is 2.91. The average Bonchev–Trinajstić information content (AvgIpc) is 3.27. The van der Waals surface area contributed by atoms with Crippen LogP contribution in [0.1, 0.15) is 30.9 Å². The molecule has 0 aliphatic carbocycles. The number of primary amides is 1. The number of hydrazone groups is 1. The SMILES string of the molecule is CN=C(NCCC[C@@]1(c2ccccc2)SC(c2cc(F)ccc2F)=NN1C(=O)[C@H](C)OC)NC(N)=O. The van der Waals surface area contributed by atoms with Crippen LogP contribution in [-0.4, -0.2) is 54.8 Å². The molecule has 1 aliphatic heterocycles. The number of methoxy groups -OCH3 is 1. The lowest BCUT2D eigenvalue weighted by atomic mass is 9.99. The predicted octanol–water partition coefficient (Wildman–Crippen LogP) is 3.11. The zero-order valence-electron chi connectivity index (χ0n) is 20.1. The molecule has 0 bridgehead atoms. The van der Waals surface area contributed by atoms with Crippen LogP contribution >= 0.6 is 11.8 Å². The van der Waals surface area contributed by atoms with Crippen LogP contribution in [0.15, 0.2) is 58.6 Å². The number of thioether (sulfide) groups is 1. The molecule has 1 aliphatic rings. The van der Waals surface area contributed by atoms with E-state index in [9.17, 15) is 18.4 Å². The Morgan fingerprint density at radius 3 is 2.61 bits per heavy atom. The number of hydrogen-bond donors (Lipinski definition) is 3. The number of guanidine groups is 1. The number of ether oxygens (including phenoxy) is 1. The smallest absolute Gasteiger partial charge is 0.318 e. The number of urea groups is 1. The second-order valence-electron chi connectivity index (χ2n) is 7.90. The van der Waals surface area contributed by atoms with E-state index in [1.807, 2.05) is 30.3 Å². The molecule has 0 fully saturated rings. The molecular weight excluding hydrogens is 490 g/mol. The van der Waals surface area contributed by atoms with Gasteiger partial charge in [0.25, 0.3) is 5.91 Å². The summed E-state index contributed by atoms with van der Waals surface area (Å²) >= 11 is 1.17. The van der Waals surface area contributed by atoms with Gasteiger partial charge in [0, 0.05) is 26.3 Å². The van der Waals surface area contributed by atoms with Crippen molar-refractivity contribution < 1.29 is 23.1 Å². The Labute approximate surface area is 212 Å². The molecule has 0 spiro atoms. The molecule has 0 saturated heterocycles. The minimum atomic E-state index is -1.07. The van der Waals surface area contributed by atoms with Crippen molar-refractivity contribution in [3.8, 4) is 0 Å². The molecule has 0 radical (unpaired) electrons. The number of nitrogens with two attached hydrogens (primary N) is 1. The fourth-order valence-corrected chi connectivity index (χ4v) is 5.10. The molecule has 3 amide bonds. The third kappa shape index (κ3) is 6.00. The van der Waals surface area contributed by atoms with Gasteiger partial charge >= 0.3 is 6.03 Å². The maximum absolute atomic E-state index is 14.7. The van der Waals surface area contributed by atoms with Crippen LogP contribution < -0.4 is 16.4 Å². The van der Waals surface area contributed by atoms with Crippen molar-refractivity contribution in [3.05, 3.63) is 71.3 Å². The summed E-state index contributed by atoms with van der Waals surface area (Å²) in [6.45, 7) is 1.97. The number of hydrogen-bond acceptors (Lipinski definition) is 6. The Morgan fingerprint density at radius 1 is 1.25 bits per heavy atom. The van der Waals surface area contributed by atoms with Crippen molar-refractivity contribution in [2.24, 2.45) is 15.8 Å². The van der Waals surface area contributed by atoms with Gasteiger partial charge in [-0.25, -0.2) is 18.6 Å². The molecule has 0 aromatic heterocycles. The number of nitrogens with one attached hydrogen (secondary N) is 2. The number of aliphatic imine (C=N–C) groups is 1. The van der Waals surface area contributed by atoms with Gasteiger partial charge in [-0.1, -0.05) is 42.1 Å². The van der Waals surface area contributed by atoms with Crippen LogP contribution in [0.2, 0.25) is 0 Å². The van der Waals surface area contributed by atoms with E-state index in [4.69, 9.17) is 10.5 Å². The first-order valence-electron chi connectivity index (χ1n) is 11.1. The third-order valence-corrected chi connectivity index (χ3v) is 6.99. The molecule has 192 valence electrons. The Bertz CT molecular complexity index is 1160. The van der Waals surface area contributed by atoms with Gasteiger partial charge in [0.2, 0.25) is 0 Å². The molecule has 3 rings (SSSR count). The zero-order valence-corrected chi connectivity index (χ0v) is 20.9. The molecule has 2 aromatic carbocycles. The number of carbonyl (C=O) groups excluding carboxylic acids is 2. The number of halogens is 2. The highest BCUT2D eigenvalue weighted by molar-refractivity contribution is 8.15. The van der Waals surface area contributed by atoms with E-state index in [1.54, 1.807) is 6.92 Å². The Morgan fingerprint density at radius 2 is 1.97 bits per heavy atom. The molecule has 2 atom stereocenters. The van der Waals surface area contributed by atoms with Gasteiger partial charge < -0.3 is 15.8 Å². The maximum Gasteiger partial charge on any atom is 0.318 e. The van der Waals surface area contributed by atoms with Gasteiger partial charge in [0.05, 0.1) is 0 Å². The van der Waals surface area contributed by atoms with Gasteiger partial charge in [-0.2, -0.15) is 5.10 Å². The maximum atomic E-state index is 14.7. The lowest BCUT2D eigenvalue weighted by molar-refractivity contribution is -0.144. The predicted molar refractivity (Wildman–Crippen MR) is 135 cm³/mol. The van der Waals surface area contributed by atoms with E-state index in [-0.39, 0.29) is 16.6 Å². The van der Waals surface area contributed by atoms with E-state index in [2.05, 4.69) is 20.7 Å². The van der Waals surface area contributed by atoms with Crippen molar-refractivity contribution in [2.75, 3.05) is 20.7 Å². The Kier molecular flexibility index (Phi) is 8.99. The van der Waals surface area contributed by atoms with E-state index in [0.29, 0.717) is 19.4 Å². The summed E-state index contributed by atoms with van der Waals surface area (Å²) in [5.41, 5.74) is 5.87. The average molecular weight is 519 g/mol. The fraction of sp³-hybridized carbons (Fsp3) is 0.333. The summed E-state index contributed by atoms with van der Waals surface area (Å²) < 4.78 is 34.0. The van der Waals surface area contributed by atoms with Crippen LogP contribution in [0.3, 0.4) is 0 Å². The van der Waals surface area contributed by atoms with E-state index >= 15 is 0 Å². The van der Waals surface area contributed by atoms with Crippen LogP contribution in [0.5, 0.6) is 0 Å². The molecule has 12 heteroatoms. The van der Waals surface area contributed by atoms with Crippen LogP contribution in [-0.2, 0) is 14.4 Å². The minimum Gasteiger partial charge on any atom is -0.372 e. The van der Waals surface area contributed by atoms with Crippen molar-refractivity contribution in [1.29, 1.82) is 0 Å². The third-order valence-electron chi connectivity index (χ3n) is 5.54. The number of amides is 3. The fourth-order valence-electron chi connectivity index (χ4n) is 3.68. The number of rotatable bonds is 8. The summed E-state index contributed by atoms with van der Waals surface area (Å²) in [6, 6.07) is 11.6. The molecule has 36 heavy (non-hydrogen) atoms. The van der Waals surface area contributed by atoms with Crippen LogP contribution in [0, 0.1) is 11.6 Å². The van der Waals surface area contributed by atoms with Gasteiger partial charge in [0.1, 0.15) is 27.7 Å². The van der Waals surface area contributed by atoms with Crippen LogP contribution in [0.25, 0.3) is 0 Å². The Balaban J connectivity index is 1.99. The molecular formula is C24H28F2N6O3S. The van der Waals surface area contributed by atoms with Crippen molar-refractivity contribution in [2.45, 2.75) is 30.7 Å². The quantitative estimate of drug-likeness (QED) is 0.282. The van der Waals surface area contributed by atoms with Crippen molar-refractivity contribution >= 4 is 34.7 Å². The van der Waals surface area contributed by atoms with E-state index < -0.39 is 34.5 Å². The summed E-state index contributed by atoms with van der Waals surface area (Å²) in [5.74, 6) is -1.50. The number of nitrogens with zero attached hydrogens (tertiary/aromatic N) is 3. The zero-order chi connectivity index (χ0) is 26.3. The lowest BCUT2D eigenvalue weighted by Crippen LogP contribution is -2.47. The second-order valence-corrected chi connectivity index (χ2v) is 9.17. The molecule has 4 N–H and O–H groups in total. The second kappa shape index (κ2) is 12.0. The highest BCUT2D eigenvalue weighted by Crippen LogP contribution is 2.50. The van der Waals surface area contributed by atoms with Crippen molar-refractivity contribution in [3.63, 3.8) is 0 Å². The molecule has 0 unspecified atom stereocenters. The highest BCUT2D eigenvalue weighted by atomic mass is 32.2. The lowest BCUT2D eigenvalue weighted by Gasteiger charge is -2.37. The van der Waals surface area contributed by atoms with Crippen LogP contribution in [0.4, 0.5) is 13.6 Å². The van der Waals surface area contributed by atoms with E-state index in [1.165, 1.54) is 30.9 Å². The largest absolute Gasteiger partial charge is 0.372 e. The highest BCUT2D eigenvalue weighted by Gasteiger charge is 2.49. The first-order valence-corrected chi connectivity index (χ1v) is 12.0. The monoisotopic (exact) mass is 518 g/mol. The molecule has 9 nitrogen and oxygen atoms in total. The number of carbonyl (C=O) groups is 2. The first kappa shape index (κ1) is 27.1. The normalized spacial score (nSPS) is 18.5. The molecule has 1 heterocycles. The van der Waals surface area contributed by atoms with E-state index in [0.717, 1.165) is 23.8 Å². The van der Waals surface area contributed by atoms with Gasteiger partial charge in [-0.3, -0.25) is 15.1 Å². The first-order chi connectivity index (χ1) is 17.2. The van der Waals surface area contributed by atoms with Gasteiger partial charge in [-0.05, 0) is 43.5 Å². The van der Waals surface area contributed by atoms with Gasteiger partial charge in [-0.15, -0.1) is 0 Å². The Hall–Kier alpha value is -3.51. The minimum absolute atomic E-state index is 0.0372. The summed E-state index contributed by atoms with van der Waals surface area (Å²) in [6.07, 6.45) is 0.0285. The standard InChI is InChI=1S/C24H28F2N6O3S/c1-15(35-3)21(33)32-24(16-8-5-4-6-9-16,12-7-13-29-23(28-2)30-22(27)34)36-20(31-32)18-14-17(25)10-11-19(18)26/h4-6,8-11,14-15H,7,12-13H2,1-3H3,(H4,27,28,29,30,34)/t15-,24-/m0/s1. The molecule has 2 aromatic rings. The topological polar surface area (TPSA) is 121 Å². The van der Waals surface area contributed by atoms with Gasteiger partial charge in [0.15, 0.2) is 5.96 Å². The summed E-state index contributed by atoms with van der Waals surface area (Å²) in [5, 5.41) is 11.3.